The number of nitrogens with zero attached hydrogens (tertiary/aromatic N) is 2. The van der Waals surface area contributed by atoms with Crippen molar-refractivity contribution in [2.45, 2.75) is 62.6 Å². The van der Waals surface area contributed by atoms with Gasteiger partial charge in [0.1, 0.15) is 18.3 Å². The summed E-state index contributed by atoms with van der Waals surface area (Å²) in [6.07, 6.45) is 5.08. The summed E-state index contributed by atoms with van der Waals surface area (Å²) in [4.78, 5) is 28.9. The third kappa shape index (κ3) is 7.80. The maximum atomic E-state index is 14.0. The van der Waals surface area contributed by atoms with Crippen LogP contribution in [-0.4, -0.2) is 50.9 Å². The number of carbonyl (C=O) groups excluding carboxylic acids is 2. The zero-order valence-electron chi connectivity index (χ0n) is 23.3. The first-order chi connectivity index (χ1) is 19.7. The largest absolute Gasteiger partial charge is 0.497 e. The average molecular weight is 598 g/mol. The van der Waals surface area contributed by atoms with Crippen molar-refractivity contribution in [2.75, 3.05) is 18.0 Å². The number of ether oxygens (including phenoxy) is 1. The Morgan fingerprint density at radius 1 is 0.951 bits per heavy atom. The molecule has 4 rings (SSSR count). The molecule has 218 valence electrons. The lowest BCUT2D eigenvalue weighted by Gasteiger charge is -2.33. The van der Waals surface area contributed by atoms with E-state index in [9.17, 15) is 18.0 Å². The molecule has 0 spiro atoms. The quantitative estimate of drug-likeness (QED) is 0.319. The minimum Gasteiger partial charge on any atom is -0.497 e. The van der Waals surface area contributed by atoms with Crippen molar-refractivity contribution in [1.82, 2.24) is 10.2 Å². The number of nitrogens with one attached hydrogen (secondary N) is 1. The van der Waals surface area contributed by atoms with Crippen LogP contribution < -0.4 is 14.4 Å². The molecule has 0 saturated heterocycles. The maximum absolute atomic E-state index is 14.0. The highest BCUT2D eigenvalue weighted by atomic mass is 35.5. The highest BCUT2D eigenvalue weighted by Crippen LogP contribution is 2.26. The molecule has 1 aliphatic rings. The van der Waals surface area contributed by atoms with Crippen LogP contribution in [0.3, 0.4) is 0 Å². The molecule has 8 nitrogen and oxygen atoms in total. The van der Waals surface area contributed by atoms with Gasteiger partial charge >= 0.3 is 0 Å². The van der Waals surface area contributed by atoms with Crippen LogP contribution in [0.5, 0.6) is 5.75 Å². The summed E-state index contributed by atoms with van der Waals surface area (Å²) in [5.41, 5.74) is 1.07. The van der Waals surface area contributed by atoms with E-state index < -0.39 is 28.5 Å². The second kappa shape index (κ2) is 13.9. The molecule has 0 aromatic heterocycles. The Labute approximate surface area is 247 Å². The number of rotatable bonds is 11. The van der Waals surface area contributed by atoms with Crippen molar-refractivity contribution in [3.63, 3.8) is 0 Å². The van der Waals surface area contributed by atoms with E-state index in [4.69, 9.17) is 16.3 Å². The first-order valence-corrected chi connectivity index (χ1v) is 15.6. The predicted molar refractivity (Wildman–Crippen MR) is 160 cm³/mol. The molecule has 1 saturated carbocycles. The lowest BCUT2D eigenvalue weighted by Crippen LogP contribution is -2.53. The van der Waals surface area contributed by atoms with Gasteiger partial charge in [0.2, 0.25) is 11.8 Å². The molecule has 1 unspecified atom stereocenters. The van der Waals surface area contributed by atoms with E-state index in [0.717, 1.165) is 42.0 Å². The Bertz CT molecular complexity index is 1410. The minimum absolute atomic E-state index is 0.0487. The summed E-state index contributed by atoms with van der Waals surface area (Å²) in [6, 6.07) is 20.7. The van der Waals surface area contributed by atoms with Gasteiger partial charge in [0, 0.05) is 17.6 Å². The van der Waals surface area contributed by atoms with Gasteiger partial charge in [-0.05, 0) is 73.9 Å². The summed E-state index contributed by atoms with van der Waals surface area (Å²) in [6.45, 7) is 1.29. The number of hydrogen-bond acceptors (Lipinski definition) is 5. The van der Waals surface area contributed by atoms with E-state index in [-0.39, 0.29) is 29.1 Å². The summed E-state index contributed by atoms with van der Waals surface area (Å²) >= 11 is 6.08. The van der Waals surface area contributed by atoms with Crippen molar-refractivity contribution in [2.24, 2.45) is 0 Å². The van der Waals surface area contributed by atoms with Crippen LogP contribution in [0.1, 0.15) is 44.6 Å². The van der Waals surface area contributed by atoms with Crippen LogP contribution in [0.15, 0.2) is 83.8 Å². The van der Waals surface area contributed by atoms with E-state index >= 15 is 0 Å². The lowest BCUT2D eigenvalue weighted by molar-refractivity contribution is -0.139. The second-order valence-electron chi connectivity index (χ2n) is 10.2. The number of halogens is 1. The number of hydrogen-bond donors (Lipinski definition) is 1. The summed E-state index contributed by atoms with van der Waals surface area (Å²) in [5.74, 6) is -0.109. The Kier molecular flexibility index (Phi) is 10.3. The van der Waals surface area contributed by atoms with Gasteiger partial charge in [-0.25, -0.2) is 8.42 Å². The Morgan fingerprint density at radius 3 is 2.20 bits per heavy atom. The molecule has 1 aliphatic carbocycles. The third-order valence-corrected chi connectivity index (χ3v) is 9.40. The number of anilines is 1. The standard InChI is InChI=1S/C31H36ClN3O5S/c1-23(31(37)33-26-9-5-3-6-10-26)34(21-24-13-19-28(40-2)20-14-24)30(36)22-35(27-17-15-25(32)16-18-27)41(38,39)29-11-7-4-8-12-29/h4,7-8,11-20,23,26H,3,5-6,9-10,21-22H2,1-2H3,(H,33,37). The molecular weight excluding hydrogens is 562 g/mol. The first kappa shape index (κ1) is 30.4. The van der Waals surface area contributed by atoms with Gasteiger partial charge in [0.15, 0.2) is 0 Å². The lowest BCUT2D eigenvalue weighted by atomic mass is 9.95. The van der Waals surface area contributed by atoms with E-state index in [1.165, 1.54) is 17.0 Å². The van der Waals surface area contributed by atoms with Crippen LogP contribution >= 0.6 is 11.6 Å². The first-order valence-electron chi connectivity index (χ1n) is 13.7. The molecule has 0 heterocycles. The summed E-state index contributed by atoms with van der Waals surface area (Å²) in [5, 5.41) is 3.54. The number of methoxy groups -OCH3 is 1. The van der Waals surface area contributed by atoms with Gasteiger partial charge in [-0.2, -0.15) is 0 Å². The number of sulfonamides is 1. The van der Waals surface area contributed by atoms with Gasteiger partial charge in [-0.1, -0.05) is 61.2 Å². The zero-order valence-corrected chi connectivity index (χ0v) is 24.9. The molecule has 0 bridgehead atoms. The van der Waals surface area contributed by atoms with Crippen molar-refractivity contribution >= 4 is 39.1 Å². The predicted octanol–water partition coefficient (Wildman–Crippen LogP) is 5.41. The molecule has 1 atom stereocenters. The van der Waals surface area contributed by atoms with Crippen LogP contribution in [0, 0.1) is 0 Å². The van der Waals surface area contributed by atoms with Gasteiger partial charge in [0.25, 0.3) is 10.0 Å². The average Bonchev–Trinajstić information content (AvgIpc) is 3.00. The van der Waals surface area contributed by atoms with Gasteiger partial charge in [-0.3, -0.25) is 13.9 Å². The monoisotopic (exact) mass is 597 g/mol. The summed E-state index contributed by atoms with van der Waals surface area (Å²) in [7, 11) is -2.55. The molecule has 0 radical (unpaired) electrons. The van der Waals surface area contributed by atoms with E-state index in [1.54, 1.807) is 68.6 Å². The normalized spacial score (nSPS) is 14.6. The summed E-state index contributed by atoms with van der Waals surface area (Å²) < 4.78 is 33.9. The van der Waals surface area contributed by atoms with Crippen LogP contribution in [0.25, 0.3) is 0 Å². The fourth-order valence-corrected chi connectivity index (χ4v) is 6.50. The van der Waals surface area contributed by atoms with E-state index in [0.29, 0.717) is 10.8 Å². The fraction of sp³-hybridized carbons (Fsp3) is 0.355. The number of carbonyl (C=O) groups is 2. The Hall–Kier alpha value is -3.56. The van der Waals surface area contributed by atoms with Crippen LogP contribution in [-0.2, 0) is 26.2 Å². The van der Waals surface area contributed by atoms with Crippen LogP contribution in [0.2, 0.25) is 5.02 Å². The molecule has 3 aromatic rings. The maximum Gasteiger partial charge on any atom is 0.264 e. The highest BCUT2D eigenvalue weighted by molar-refractivity contribution is 7.92. The minimum atomic E-state index is -4.12. The van der Waals surface area contributed by atoms with Crippen molar-refractivity contribution in [3.05, 3.63) is 89.4 Å². The molecular formula is C31H36ClN3O5S. The van der Waals surface area contributed by atoms with Gasteiger partial charge in [0.05, 0.1) is 17.7 Å². The van der Waals surface area contributed by atoms with Crippen molar-refractivity contribution in [1.29, 1.82) is 0 Å². The topological polar surface area (TPSA) is 96.0 Å². The number of amides is 2. The number of benzene rings is 3. The third-order valence-electron chi connectivity index (χ3n) is 7.36. The molecule has 0 aliphatic heterocycles. The molecule has 1 N–H and O–H groups in total. The molecule has 10 heteroatoms. The molecule has 3 aromatic carbocycles. The van der Waals surface area contributed by atoms with Crippen molar-refractivity contribution in [3.8, 4) is 5.75 Å². The van der Waals surface area contributed by atoms with Gasteiger partial charge < -0.3 is 15.0 Å². The van der Waals surface area contributed by atoms with Gasteiger partial charge in [-0.15, -0.1) is 0 Å². The zero-order chi connectivity index (χ0) is 29.4. The van der Waals surface area contributed by atoms with Crippen molar-refractivity contribution < 1.29 is 22.7 Å². The Balaban J connectivity index is 1.65. The van der Waals surface area contributed by atoms with E-state index in [2.05, 4.69) is 5.32 Å². The highest BCUT2D eigenvalue weighted by Gasteiger charge is 2.33. The molecule has 1 fully saturated rings. The molecule has 2 amide bonds. The molecule has 41 heavy (non-hydrogen) atoms. The smallest absolute Gasteiger partial charge is 0.264 e. The fourth-order valence-electron chi connectivity index (χ4n) is 4.93. The van der Waals surface area contributed by atoms with E-state index in [1.807, 2.05) is 12.1 Å². The second-order valence-corrected chi connectivity index (χ2v) is 12.5. The van der Waals surface area contributed by atoms with Crippen LogP contribution in [0.4, 0.5) is 5.69 Å². The SMILES string of the molecule is COc1ccc(CN(C(=O)CN(c2ccc(Cl)cc2)S(=O)(=O)c2ccccc2)C(C)C(=O)NC2CCCCC2)cc1. The Morgan fingerprint density at radius 2 is 1.59 bits per heavy atom.